The van der Waals surface area contributed by atoms with E-state index >= 15 is 0 Å². The minimum atomic E-state index is -0.0290. The van der Waals surface area contributed by atoms with Crippen LogP contribution in [0.25, 0.3) is 22.6 Å². The Hall–Kier alpha value is -2.96. The Morgan fingerprint density at radius 2 is 1.96 bits per heavy atom. The van der Waals surface area contributed by atoms with Gasteiger partial charge >= 0.3 is 0 Å². The Labute approximate surface area is 139 Å². The molecular formula is C17H18N6O. The van der Waals surface area contributed by atoms with Crippen LogP contribution in [0.5, 0.6) is 0 Å². The Bertz CT molecular complexity index is 888. The molecule has 1 amide bonds. The number of nitrogens with one attached hydrogen (secondary N) is 1. The fraction of sp³-hybridized carbons (Fsp3) is 0.294. The van der Waals surface area contributed by atoms with Crippen LogP contribution in [0.1, 0.15) is 23.3 Å². The van der Waals surface area contributed by atoms with Crippen LogP contribution in [0.15, 0.2) is 36.9 Å². The summed E-state index contributed by atoms with van der Waals surface area (Å²) < 4.78 is 3.57. The molecule has 1 fully saturated rings. The molecule has 122 valence electrons. The van der Waals surface area contributed by atoms with Gasteiger partial charge in [0.05, 0.1) is 0 Å². The monoisotopic (exact) mass is 322 g/mol. The number of hydrogen-bond acceptors (Lipinski definition) is 4. The van der Waals surface area contributed by atoms with Crippen LogP contribution in [0.2, 0.25) is 0 Å². The van der Waals surface area contributed by atoms with E-state index in [9.17, 15) is 4.79 Å². The third-order valence-corrected chi connectivity index (χ3v) is 4.19. The Morgan fingerprint density at radius 3 is 2.58 bits per heavy atom. The highest BCUT2D eigenvalue weighted by Crippen LogP contribution is 2.24. The number of nitrogens with zero attached hydrogens (tertiary/aromatic N) is 5. The lowest BCUT2D eigenvalue weighted by molar-refractivity contribution is 0.0943. The lowest BCUT2D eigenvalue weighted by Crippen LogP contribution is -2.27. The molecule has 1 N–H and O–H groups in total. The standard InChI is InChI=1S/C17H18N6O/c1-22-10-11(7-15(22)17(24)21-13-3-4-13)12-8-18-16(19-9-12)14-5-6-20-23(14)2/h5-10,13H,3-4H2,1-2H3,(H,21,24). The summed E-state index contributed by atoms with van der Waals surface area (Å²) in [4.78, 5) is 21.1. The van der Waals surface area contributed by atoms with Crippen molar-refractivity contribution in [2.45, 2.75) is 18.9 Å². The minimum Gasteiger partial charge on any atom is -0.348 e. The van der Waals surface area contributed by atoms with Gasteiger partial charge in [0, 0.05) is 56.1 Å². The zero-order chi connectivity index (χ0) is 16.7. The summed E-state index contributed by atoms with van der Waals surface area (Å²) in [7, 11) is 3.73. The van der Waals surface area contributed by atoms with Crippen molar-refractivity contribution in [2.24, 2.45) is 14.1 Å². The molecule has 0 aromatic carbocycles. The molecule has 0 aliphatic heterocycles. The highest BCUT2D eigenvalue weighted by Gasteiger charge is 2.25. The van der Waals surface area contributed by atoms with Gasteiger partial charge in [-0.05, 0) is 25.0 Å². The Kier molecular flexibility index (Phi) is 3.41. The van der Waals surface area contributed by atoms with Gasteiger partial charge in [-0.15, -0.1) is 0 Å². The number of rotatable bonds is 4. The number of carbonyl (C=O) groups excluding carboxylic acids is 1. The van der Waals surface area contributed by atoms with Crippen molar-refractivity contribution >= 4 is 5.91 Å². The second kappa shape index (κ2) is 5.59. The van der Waals surface area contributed by atoms with Crippen LogP contribution in [0.3, 0.4) is 0 Å². The third-order valence-electron chi connectivity index (χ3n) is 4.19. The first-order chi connectivity index (χ1) is 11.6. The predicted molar refractivity (Wildman–Crippen MR) is 89.1 cm³/mol. The van der Waals surface area contributed by atoms with Crippen molar-refractivity contribution in [3.05, 3.63) is 42.6 Å². The van der Waals surface area contributed by atoms with E-state index in [0.717, 1.165) is 29.7 Å². The van der Waals surface area contributed by atoms with Gasteiger partial charge in [0.2, 0.25) is 0 Å². The van der Waals surface area contributed by atoms with Crippen LogP contribution in [0, 0.1) is 0 Å². The largest absolute Gasteiger partial charge is 0.348 e. The molecule has 0 radical (unpaired) electrons. The maximum atomic E-state index is 12.2. The number of aromatic nitrogens is 5. The van der Waals surface area contributed by atoms with Crippen LogP contribution in [-0.4, -0.2) is 36.3 Å². The van der Waals surface area contributed by atoms with E-state index in [2.05, 4.69) is 20.4 Å². The highest BCUT2D eigenvalue weighted by molar-refractivity contribution is 5.94. The van der Waals surface area contributed by atoms with E-state index < -0.39 is 0 Å². The normalized spacial score (nSPS) is 13.9. The first-order valence-corrected chi connectivity index (χ1v) is 7.90. The molecule has 24 heavy (non-hydrogen) atoms. The molecule has 0 bridgehead atoms. The zero-order valence-corrected chi connectivity index (χ0v) is 13.6. The quantitative estimate of drug-likeness (QED) is 0.794. The van der Waals surface area contributed by atoms with Gasteiger partial charge in [-0.2, -0.15) is 5.10 Å². The van der Waals surface area contributed by atoms with E-state index in [-0.39, 0.29) is 5.91 Å². The zero-order valence-electron chi connectivity index (χ0n) is 13.6. The molecule has 0 atom stereocenters. The molecule has 3 aromatic heterocycles. The molecule has 3 heterocycles. The maximum Gasteiger partial charge on any atom is 0.268 e. The summed E-state index contributed by atoms with van der Waals surface area (Å²) in [6, 6.07) is 4.09. The van der Waals surface area contributed by atoms with Crippen LogP contribution in [-0.2, 0) is 14.1 Å². The second-order valence-corrected chi connectivity index (χ2v) is 6.11. The fourth-order valence-corrected chi connectivity index (χ4v) is 2.64. The van der Waals surface area contributed by atoms with E-state index in [0.29, 0.717) is 17.6 Å². The summed E-state index contributed by atoms with van der Waals surface area (Å²) in [6.45, 7) is 0. The Balaban J connectivity index is 1.59. The molecule has 4 rings (SSSR count). The SMILES string of the molecule is Cn1cc(-c2cnc(-c3ccnn3C)nc2)cc1C(=O)NC1CC1. The molecule has 7 nitrogen and oxygen atoms in total. The summed E-state index contributed by atoms with van der Waals surface area (Å²) in [5.74, 6) is 0.597. The number of carbonyl (C=O) groups is 1. The van der Waals surface area contributed by atoms with E-state index in [1.54, 1.807) is 23.3 Å². The Morgan fingerprint density at radius 1 is 1.21 bits per heavy atom. The van der Waals surface area contributed by atoms with Gasteiger partial charge in [-0.1, -0.05) is 0 Å². The van der Waals surface area contributed by atoms with Gasteiger partial charge in [-0.3, -0.25) is 9.48 Å². The fourth-order valence-electron chi connectivity index (χ4n) is 2.64. The molecule has 1 saturated carbocycles. The van der Waals surface area contributed by atoms with Gasteiger partial charge in [0.25, 0.3) is 5.91 Å². The van der Waals surface area contributed by atoms with Crippen molar-refractivity contribution in [1.29, 1.82) is 0 Å². The maximum absolute atomic E-state index is 12.2. The van der Waals surface area contributed by atoms with E-state index in [1.807, 2.05) is 37.0 Å². The smallest absolute Gasteiger partial charge is 0.268 e. The van der Waals surface area contributed by atoms with Crippen molar-refractivity contribution in [1.82, 2.24) is 29.6 Å². The molecule has 7 heteroatoms. The topological polar surface area (TPSA) is 77.6 Å². The highest BCUT2D eigenvalue weighted by atomic mass is 16.2. The second-order valence-electron chi connectivity index (χ2n) is 6.11. The summed E-state index contributed by atoms with van der Waals surface area (Å²) in [5.41, 5.74) is 3.31. The van der Waals surface area contributed by atoms with Crippen LogP contribution in [0.4, 0.5) is 0 Å². The van der Waals surface area contributed by atoms with Crippen molar-refractivity contribution in [3.63, 3.8) is 0 Å². The average Bonchev–Trinajstić information content (AvgIpc) is 3.14. The summed E-state index contributed by atoms with van der Waals surface area (Å²) in [6.07, 6.45) is 9.33. The lowest BCUT2D eigenvalue weighted by Gasteiger charge is -2.03. The van der Waals surface area contributed by atoms with Gasteiger partial charge in [-0.25, -0.2) is 9.97 Å². The van der Waals surface area contributed by atoms with Gasteiger partial charge in [0.1, 0.15) is 11.4 Å². The minimum absolute atomic E-state index is 0.0290. The molecule has 0 spiro atoms. The average molecular weight is 322 g/mol. The van der Waals surface area contributed by atoms with Crippen molar-refractivity contribution in [3.8, 4) is 22.6 Å². The molecule has 0 saturated heterocycles. The molecule has 1 aliphatic carbocycles. The molecular weight excluding hydrogens is 304 g/mol. The van der Waals surface area contributed by atoms with Crippen LogP contribution < -0.4 is 5.32 Å². The summed E-state index contributed by atoms with van der Waals surface area (Å²) in [5, 5.41) is 7.13. The number of amides is 1. The summed E-state index contributed by atoms with van der Waals surface area (Å²) >= 11 is 0. The molecule has 1 aliphatic rings. The van der Waals surface area contributed by atoms with Crippen molar-refractivity contribution in [2.75, 3.05) is 0 Å². The lowest BCUT2D eigenvalue weighted by atomic mass is 10.2. The van der Waals surface area contributed by atoms with E-state index in [1.165, 1.54) is 0 Å². The predicted octanol–water partition coefficient (Wildman–Crippen LogP) is 1.77. The number of aryl methyl sites for hydroxylation is 2. The van der Waals surface area contributed by atoms with Gasteiger partial charge in [0.15, 0.2) is 5.82 Å². The van der Waals surface area contributed by atoms with Crippen molar-refractivity contribution < 1.29 is 4.79 Å². The first-order valence-electron chi connectivity index (χ1n) is 7.90. The third kappa shape index (κ3) is 2.68. The number of hydrogen-bond donors (Lipinski definition) is 1. The molecule has 0 unspecified atom stereocenters. The van der Waals surface area contributed by atoms with Gasteiger partial charge < -0.3 is 9.88 Å². The first kappa shape index (κ1) is 14.6. The van der Waals surface area contributed by atoms with Crippen LogP contribution >= 0.6 is 0 Å². The van der Waals surface area contributed by atoms with E-state index in [4.69, 9.17) is 0 Å². The molecule has 3 aromatic rings.